The molecule has 2 aromatic rings. The molecule has 2 aliphatic carbocycles. The second kappa shape index (κ2) is 8.81. The number of rotatable bonds is 7. The lowest BCUT2D eigenvalue weighted by Gasteiger charge is -2.26. The summed E-state index contributed by atoms with van der Waals surface area (Å²) in [6.45, 7) is 0.0996. The third-order valence-corrected chi connectivity index (χ3v) is 6.66. The van der Waals surface area contributed by atoms with Crippen LogP contribution in [0.15, 0.2) is 48.5 Å². The number of hydrogen-bond acceptors (Lipinski definition) is 5. The summed E-state index contributed by atoms with van der Waals surface area (Å²) in [5.74, 6) is -2.34. The monoisotopic (exact) mass is 463 g/mol. The van der Waals surface area contributed by atoms with E-state index in [-0.39, 0.29) is 24.9 Å². The van der Waals surface area contributed by atoms with Crippen molar-refractivity contribution in [3.8, 4) is 11.1 Å². The Morgan fingerprint density at radius 3 is 2.26 bits per heavy atom. The van der Waals surface area contributed by atoms with Crippen LogP contribution in [0.2, 0.25) is 0 Å². The van der Waals surface area contributed by atoms with Crippen LogP contribution >= 0.6 is 0 Å². The van der Waals surface area contributed by atoms with Crippen LogP contribution in [0.1, 0.15) is 42.7 Å². The Bertz CT molecular complexity index is 1120. The van der Waals surface area contributed by atoms with E-state index in [1.807, 2.05) is 48.5 Å². The molecule has 3 N–H and O–H groups in total. The van der Waals surface area contributed by atoms with Gasteiger partial charge >= 0.3 is 12.1 Å². The van der Waals surface area contributed by atoms with Gasteiger partial charge in [0.25, 0.3) is 5.91 Å². The van der Waals surface area contributed by atoms with Crippen molar-refractivity contribution < 1.29 is 29.0 Å². The predicted octanol–water partition coefficient (Wildman–Crippen LogP) is 2.41. The van der Waals surface area contributed by atoms with Gasteiger partial charge in [0.15, 0.2) is 6.04 Å². The molecular weight excluding hydrogens is 438 g/mol. The molecule has 34 heavy (non-hydrogen) atoms. The molecule has 0 radical (unpaired) electrons. The van der Waals surface area contributed by atoms with Gasteiger partial charge in [-0.2, -0.15) is 0 Å². The number of nitrogens with zero attached hydrogens (tertiary/aromatic N) is 1. The predicted molar refractivity (Wildman–Crippen MR) is 120 cm³/mol. The molecule has 9 nitrogen and oxygen atoms in total. The van der Waals surface area contributed by atoms with Gasteiger partial charge in [-0.15, -0.1) is 0 Å². The first-order valence-electron chi connectivity index (χ1n) is 11.4. The molecule has 2 unspecified atom stereocenters. The van der Waals surface area contributed by atoms with Crippen molar-refractivity contribution in [1.82, 2.24) is 15.8 Å². The summed E-state index contributed by atoms with van der Waals surface area (Å²) < 4.78 is 5.56. The minimum atomic E-state index is -1.30. The molecule has 0 spiro atoms. The van der Waals surface area contributed by atoms with E-state index in [4.69, 9.17) is 4.74 Å². The normalized spacial score (nSPS) is 19.7. The number of amides is 3. The molecule has 176 valence electrons. The number of carboxylic acids is 1. The van der Waals surface area contributed by atoms with Crippen LogP contribution in [-0.2, 0) is 19.1 Å². The highest BCUT2D eigenvalue weighted by Crippen LogP contribution is 2.44. The number of nitrogens with one attached hydrogen (secondary N) is 2. The number of carbonyl (C=O) groups is 4. The SMILES string of the molecule is O=C1CC(C(=O)O)N(C(=O)C(CC2CC2)NC(=O)OCC2c3ccccc3-c3ccccc32)N1. The van der Waals surface area contributed by atoms with E-state index >= 15 is 0 Å². The van der Waals surface area contributed by atoms with E-state index in [2.05, 4.69) is 10.7 Å². The van der Waals surface area contributed by atoms with Crippen molar-refractivity contribution in [2.75, 3.05) is 6.61 Å². The maximum atomic E-state index is 13.1. The molecule has 1 saturated carbocycles. The molecule has 1 heterocycles. The van der Waals surface area contributed by atoms with Gasteiger partial charge in [0.1, 0.15) is 12.6 Å². The van der Waals surface area contributed by atoms with Gasteiger partial charge < -0.3 is 15.2 Å². The summed E-state index contributed by atoms with van der Waals surface area (Å²) in [4.78, 5) is 49.0. The summed E-state index contributed by atoms with van der Waals surface area (Å²) >= 11 is 0. The number of benzene rings is 2. The number of aliphatic carboxylic acids is 1. The van der Waals surface area contributed by atoms with Gasteiger partial charge in [-0.25, -0.2) is 14.6 Å². The molecule has 5 rings (SSSR count). The highest BCUT2D eigenvalue weighted by atomic mass is 16.5. The van der Waals surface area contributed by atoms with E-state index in [0.717, 1.165) is 40.1 Å². The van der Waals surface area contributed by atoms with Gasteiger partial charge in [0, 0.05) is 5.92 Å². The molecule has 9 heteroatoms. The smallest absolute Gasteiger partial charge is 0.407 e. The first kappa shape index (κ1) is 21.9. The molecule has 3 aliphatic rings. The fourth-order valence-corrected chi connectivity index (χ4v) is 4.79. The lowest BCUT2D eigenvalue weighted by atomic mass is 9.98. The molecule has 1 aliphatic heterocycles. The van der Waals surface area contributed by atoms with E-state index in [1.54, 1.807) is 0 Å². The Kier molecular flexibility index (Phi) is 5.69. The van der Waals surface area contributed by atoms with Crippen molar-refractivity contribution in [3.63, 3.8) is 0 Å². The standard InChI is InChI=1S/C25H25N3O6/c29-22-12-21(24(31)32)28(27-22)23(30)20(11-14-9-10-14)26-25(33)34-13-19-17-7-3-1-5-15(17)16-6-2-4-8-18(16)19/h1-8,14,19-21H,9-13H2,(H,26,33)(H,27,29)(H,31,32). The van der Waals surface area contributed by atoms with Crippen LogP contribution in [0.4, 0.5) is 4.79 Å². The first-order chi connectivity index (χ1) is 16.4. The molecule has 0 bridgehead atoms. The summed E-state index contributed by atoms with van der Waals surface area (Å²) in [7, 11) is 0. The summed E-state index contributed by atoms with van der Waals surface area (Å²) in [5.41, 5.74) is 6.67. The average molecular weight is 463 g/mol. The van der Waals surface area contributed by atoms with Gasteiger partial charge in [0.2, 0.25) is 5.91 Å². The quantitative estimate of drug-likeness (QED) is 0.579. The minimum absolute atomic E-state index is 0.0996. The van der Waals surface area contributed by atoms with Crippen LogP contribution in [-0.4, -0.2) is 52.7 Å². The second-order valence-electron chi connectivity index (χ2n) is 9.00. The lowest BCUT2D eigenvalue weighted by molar-refractivity contribution is -0.151. The second-order valence-corrected chi connectivity index (χ2v) is 9.00. The number of carbonyl (C=O) groups excluding carboxylic acids is 3. The largest absolute Gasteiger partial charge is 0.480 e. The van der Waals surface area contributed by atoms with E-state index in [9.17, 15) is 24.3 Å². The summed E-state index contributed by atoms with van der Waals surface area (Å²) in [6, 6.07) is 13.7. The van der Waals surface area contributed by atoms with E-state index in [0.29, 0.717) is 6.42 Å². The first-order valence-corrected chi connectivity index (χ1v) is 11.4. The van der Waals surface area contributed by atoms with E-state index < -0.39 is 36.0 Å². The summed E-state index contributed by atoms with van der Waals surface area (Å²) in [6.07, 6.45) is 1.16. The van der Waals surface area contributed by atoms with Gasteiger partial charge in [-0.1, -0.05) is 61.4 Å². The maximum absolute atomic E-state index is 13.1. The fraction of sp³-hybridized carbons (Fsp3) is 0.360. The molecule has 1 saturated heterocycles. The van der Waals surface area contributed by atoms with Crippen molar-refractivity contribution in [2.24, 2.45) is 5.92 Å². The van der Waals surface area contributed by atoms with E-state index in [1.165, 1.54) is 0 Å². The Morgan fingerprint density at radius 2 is 1.68 bits per heavy atom. The van der Waals surface area contributed by atoms with Gasteiger partial charge in [0.05, 0.1) is 6.42 Å². The van der Waals surface area contributed by atoms with Crippen LogP contribution in [0.5, 0.6) is 0 Å². The third kappa shape index (κ3) is 4.21. The molecular formula is C25H25N3O6. The third-order valence-electron chi connectivity index (χ3n) is 6.66. The van der Waals surface area contributed by atoms with Crippen LogP contribution in [0, 0.1) is 5.92 Å². The number of fused-ring (bicyclic) bond motifs is 3. The molecule has 2 aromatic carbocycles. The molecule has 0 aromatic heterocycles. The zero-order chi connectivity index (χ0) is 23.8. The summed E-state index contributed by atoms with van der Waals surface area (Å²) in [5, 5.41) is 12.8. The number of carboxylic acid groups (broad SMARTS) is 1. The number of ether oxygens (including phenoxy) is 1. The Labute approximate surface area is 196 Å². The zero-order valence-electron chi connectivity index (χ0n) is 18.4. The number of hydrogen-bond donors (Lipinski definition) is 3. The topological polar surface area (TPSA) is 125 Å². The highest BCUT2D eigenvalue weighted by Gasteiger charge is 2.43. The Morgan fingerprint density at radius 1 is 1.06 bits per heavy atom. The highest BCUT2D eigenvalue weighted by molar-refractivity contribution is 5.96. The van der Waals surface area contributed by atoms with Crippen molar-refractivity contribution >= 4 is 23.9 Å². The minimum Gasteiger partial charge on any atom is -0.480 e. The fourth-order valence-electron chi connectivity index (χ4n) is 4.79. The van der Waals surface area contributed by atoms with Crippen LogP contribution in [0.3, 0.4) is 0 Å². The van der Waals surface area contributed by atoms with Crippen molar-refractivity contribution in [3.05, 3.63) is 59.7 Å². The number of hydrazine groups is 1. The lowest BCUT2D eigenvalue weighted by Crippen LogP contribution is -2.55. The Hall–Kier alpha value is -3.88. The molecule has 3 amide bonds. The average Bonchev–Trinajstić information content (AvgIpc) is 3.47. The van der Waals surface area contributed by atoms with Crippen LogP contribution in [0.25, 0.3) is 11.1 Å². The van der Waals surface area contributed by atoms with Gasteiger partial charge in [-0.3, -0.25) is 15.0 Å². The number of alkyl carbamates (subject to hydrolysis) is 1. The van der Waals surface area contributed by atoms with Crippen LogP contribution < -0.4 is 10.7 Å². The zero-order valence-corrected chi connectivity index (χ0v) is 18.4. The van der Waals surface area contributed by atoms with Crippen molar-refractivity contribution in [1.29, 1.82) is 0 Å². The van der Waals surface area contributed by atoms with Gasteiger partial charge in [-0.05, 0) is 34.6 Å². The Balaban J connectivity index is 1.27. The van der Waals surface area contributed by atoms with Crippen molar-refractivity contribution in [2.45, 2.75) is 43.7 Å². The maximum Gasteiger partial charge on any atom is 0.407 e. The molecule has 2 fully saturated rings. The molecule has 2 atom stereocenters.